The van der Waals surface area contributed by atoms with E-state index in [1.54, 1.807) is 18.2 Å². The van der Waals surface area contributed by atoms with E-state index in [1.807, 2.05) is 18.2 Å². The molecule has 2 heterocycles. The van der Waals surface area contributed by atoms with E-state index < -0.39 is 0 Å². The lowest BCUT2D eigenvalue weighted by Crippen LogP contribution is -2.19. The van der Waals surface area contributed by atoms with Gasteiger partial charge in [0.2, 0.25) is 0 Å². The molecule has 7 heteroatoms. The molecule has 1 N–H and O–H groups in total. The fraction of sp³-hybridized carbons (Fsp3) is 0.111. The number of amidine groups is 1. The van der Waals surface area contributed by atoms with E-state index in [0.717, 1.165) is 5.56 Å². The maximum Gasteiger partial charge on any atom is 0.264 e. The topological polar surface area (TPSA) is 59.9 Å². The number of benzene rings is 2. The van der Waals surface area contributed by atoms with Crippen LogP contribution in [0.4, 0.5) is 10.1 Å². The van der Waals surface area contributed by atoms with E-state index in [-0.39, 0.29) is 11.7 Å². The largest absolute Gasteiger partial charge is 0.486 e. The third-order valence-corrected chi connectivity index (χ3v) is 4.48. The highest BCUT2D eigenvalue weighted by atomic mass is 32.2. The number of rotatable bonds is 2. The second kappa shape index (κ2) is 6.60. The zero-order valence-corrected chi connectivity index (χ0v) is 13.8. The number of fused-ring (bicyclic) bond motifs is 1. The van der Waals surface area contributed by atoms with Crippen LogP contribution in [0.15, 0.2) is 52.4 Å². The van der Waals surface area contributed by atoms with Gasteiger partial charge in [-0.1, -0.05) is 6.07 Å². The quantitative estimate of drug-likeness (QED) is 0.837. The van der Waals surface area contributed by atoms with Crippen molar-refractivity contribution in [2.45, 2.75) is 0 Å². The fourth-order valence-corrected chi connectivity index (χ4v) is 3.26. The molecule has 5 nitrogen and oxygen atoms in total. The minimum absolute atomic E-state index is 0.222. The Morgan fingerprint density at radius 2 is 1.84 bits per heavy atom. The van der Waals surface area contributed by atoms with Crippen molar-refractivity contribution in [2.24, 2.45) is 4.99 Å². The average molecular weight is 356 g/mol. The summed E-state index contributed by atoms with van der Waals surface area (Å²) < 4.78 is 24.0. The molecule has 1 amide bonds. The van der Waals surface area contributed by atoms with Gasteiger partial charge >= 0.3 is 0 Å². The summed E-state index contributed by atoms with van der Waals surface area (Å²) in [6, 6.07) is 11.3. The van der Waals surface area contributed by atoms with Gasteiger partial charge in [-0.25, -0.2) is 9.38 Å². The van der Waals surface area contributed by atoms with Crippen LogP contribution in [0.3, 0.4) is 0 Å². The summed E-state index contributed by atoms with van der Waals surface area (Å²) in [4.78, 5) is 17.0. The molecule has 0 aliphatic carbocycles. The molecule has 0 bridgehead atoms. The van der Waals surface area contributed by atoms with E-state index >= 15 is 0 Å². The molecule has 0 atom stereocenters. The Hall–Kier alpha value is -2.80. The number of halogens is 1. The van der Waals surface area contributed by atoms with Crippen LogP contribution in [0.5, 0.6) is 11.5 Å². The number of carbonyl (C=O) groups excluding carboxylic acids is 1. The summed E-state index contributed by atoms with van der Waals surface area (Å²) in [6.07, 6.45) is 1.77. The van der Waals surface area contributed by atoms with Crippen molar-refractivity contribution < 1.29 is 18.7 Å². The number of ether oxygens (including phenoxy) is 2. The van der Waals surface area contributed by atoms with Gasteiger partial charge in [0.05, 0.1) is 10.6 Å². The summed E-state index contributed by atoms with van der Waals surface area (Å²) in [5, 5.41) is 3.16. The molecular formula is C18H13FN2O3S. The first-order chi connectivity index (χ1) is 12.2. The first-order valence-corrected chi connectivity index (χ1v) is 8.44. The van der Waals surface area contributed by atoms with Crippen molar-refractivity contribution >= 4 is 34.6 Å². The zero-order chi connectivity index (χ0) is 17.2. The predicted octanol–water partition coefficient (Wildman–Crippen LogP) is 3.49. The van der Waals surface area contributed by atoms with Crippen LogP contribution < -0.4 is 14.8 Å². The predicted molar refractivity (Wildman–Crippen MR) is 94.6 cm³/mol. The summed E-state index contributed by atoms with van der Waals surface area (Å²) in [6.45, 7) is 1.05. The highest BCUT2D eigenvalue weighted by molar-refractivity contribution is 8.18. The van der Waals surface area contributed by atoms with Crippen molar-refractivity contribution in [3.05, 3.63) is 58.8 Å². The van der Waals surface area contributed by atoms with E-state index in [1.165, 1.54) is 23.9 Å². The Kier molecular flexibility index (Phi) is 4.15. The second-order valence-corrected chi connectivity index (χ2v) is 6.39. The summed E-state index contributed by atoms with van der Waals surface area (Å²) >= 11 is 1.23. The Bertz CT molecular complexity index is 894. The molecule has 2 aromatic carbocycles. The van der Waals surface area contributed by atoms with E-state index in [2.05, 4.69) is 10.3 Å². The van der Waals surface area contributed by atoms with Gasteiger partial charge in [0.1, 0.15) is 19.0 Å². The Morgan fingerprint density at radius 1 is 1.08 bits per heavy atom. The number of amides is 1. The molecule has 25 heavy (non-hydrogen) atoms. The second-order valence-electron chi connectivity index (χ2n) is 5.36. The van der Waals surface area contributed by atoms with E-state index in [9.17, 15) is 9.18 Å². The van der Waals surface area contributed by atoms with Crippen molar-refractivity contribution in [1.29, 1.82) is 0 Å². The molecule has 0 radical (unpaired) electrons. The first-order valence-electron chi connectivity index (χ1n) is 7.62. The smallest absolute Gasteiger partial charge is 0.264 e. The van der Waals surface area contributed by atoms with Gasteiger partial charge in [-0.05, 0) is 59.8 Å². The Balaban J connectivity index is 1.56. The lowest BCUT2D eigenvalue weighted by atomic mass is 10.2. The van der Waals surface area contributed by atoms with Crippen LogP contribution in [0, 0.1) is 5.82 Å². The molecule has 0 saturated carbocycles. The molecule has 0 unspecified atom stereocenters. The van der Waals surface area contributed by atoms with Crippen LogP contribution in [0.1, 0.15) is 5.56 Å². The lowest BCUT2D eigenvalue weighted by molar-refractivity contribution is -0.115. The third-order valence-electron chi connectivity index (χ3n) is 3.57. The SMILES string of the molecule is O=C1NC(=Nc2ccc(F)cc2)S/C1=C/c1ccc2c(c1)OCCO2. The average Bonchev–Trinajstić information content (AvgIpc) is 2.96. The van der Waals surface area contributed by atoms with Gasteiger partial charge in [0.15, 0.2) is 16.7 Å². The minimum Gasteiger partial charge on any atom is -0.486 e. The minimum atomic E-state index is -0.328. The van der Waals surface area contributed by atoms with Gasteiger partial charge in [0.25, 0.3) is 5.91 Å². The molecule has 1 saturated heterocycles. The first kappa shape index (κ1) is 15.7. The zero-order valence-electron chi connectivity index (χ0n) is 13.0. The number of thioether (sulfide) groups is 1. The van der Waals surface area contributed by atoms with Gasteiger partial charge in [-0.2, -0.15) is 0 Å². The Morgan fingerprint density at radius 3 is 2.64 bits per heavy atom. The van der Waals surface area contributed by atoms with Crippen molar-refractivity contribution in [1.82, 2.24) is 5.32 Å². The summed E-state index contributed by atoms with van der Waals surface area (Å²) in [7, 11) is 0. The third kappa shape index (κ3) is 3.51. The number of hydrogen-bond acceptors (Lipinski definition) is 5. The van der Waals surface area contributed by atoms with Crippen LogP contribution in [0.2, 0.25) is 0 Å². The van der Waals surface area contributed by atoms with Gasteiger partial charge in [-0.3, -0.25) is 4.79 Å². The molecule has 0 spiro atoms. The van der Waals surface area contributed by atoms with Crippen molar-refractivity contribution in [3.63, 3.8) is 0 Å². The monoisotopic (exact) mass is 356 g/mol. The van der Waals surface area contributed by atoms with Gasteiger partial charge < -0.3 is 14.8 Å². The molecular weight excluding hydrogens is 343 g/mol. The molecule has 4 rings (SSSR count). The number of aliphatic imine (C=N–C) groups is 1. The van der Waals surface area contributed by atoms with Crippen LogP contribution in [-0.2, 0) is 4.79 Å². The van der Waals surface area contributed by atoms with E-state index in [4.69, 9.17) is 9.47 Å². The van der Waals surface area contributed by atoms with E-state index in [0.29, 0.717) is 40.5 Å². The maximum atomic E-state index is 12.9. The maximum absolute atomic E-state index is 12.9. The van der Waals surface area contributed by atoms with Crippen LogP contribution in [-0.4, -0.2) is 24.3 Å². The van der Waals surface area contributed by atoms with Gasteiger partial charge in [0, 0.05) is 0 Å². The normalized spacial score (nSPS) is 19.3. The molecule has 2 aliphatic heterocycles. The Labute approximate surface area is 147 Å². The van der Waals surface area contributed by atoms with Crippen LogP contribution in [0.25, 0.3) is 6.08 Å². The fourth-order valence-electron chi connectivity index (χ4n) is 2.41. The number of nitrogens with one attached hydrogen (secondary N) is 1. The summed E-state index contributed by atoms with van der Waals surface area (Å²) in [5.41, 5.74) is 1.41. The molecule has 2 aliphatic rings. The highest BCUT2D eigenvalue weighted by Gasteiger charge is 2.24. The lowest BCUT2D eigenvalue weighted by Gasteiger charge is -2.18. The van der Waals surface area contributed by atoms with Crippen molar-refractivity contribution in [3.8, 4) is 11.5 Å². The molecule has 1 fully saturated rings. The molecule has 2 aromatic rings. The van der Waals surface area contributed by atoms with Crippen molar-refractivity contribution in [2.75, 3.05) is 13.2 Å². The number of nitrogens with zero attached hydrogens (tertiary/aromatic N) is 1. The molecule has 126 valence electrons. The number of hydrogen-bond donors (Lipinski definition) is 1. The molecule has 0 aromatic heterocycles. The van der Waals surface area contributed by atoms with Gasteiger partial charge in [-0.15, -0.1) is 0 Å². The standard InChI is InChI=1S/C18H13FN2O3S/c19-12-2-4-13(5-3-12)20-18-21-17(22)16(25-18)10-11-1-6-14-15(9-11)24-8-7-23-14/h1-6,9-10H,7-8H2,(H,20,21,22)/b16-10+. The number of carbonyl (C=O) groups is 1. The highest BCUT2D eigenvalue weighted by Crippen LogP contribution is 2.33. The van der Waals surface area contributed by atoms with Crippen LogP contribution >= 0.6 is 11.8 Å². The summed E-state index contributed by atoms with van der Waals surface area (Å²) in [5.74, 6) is 0.826.